The first-order valence-corrected chi connectivity index (χ1v) is 8.71. The van der Waals surface area contributed by atoms with E-state index in [0.717, 1.165) is 5.56 Å². The molecule has 5 heteroatoms. The van der Waals surface area contributed by atoms with Crippen LogP contribution < -0.4 is 14.8 Å². The number of amides is 2. The minimum atomic E-state index is -0.103. The van der Waals surface area contributed by atoms with Gasteiger partial charge in [-0.3, -0.25) is 0 Å². The lowest BCUT2D eigenvalue weighted by Crippen LogP contribution is -2.44. The van der Waals surface area contributed by atoms with Crippen LogP contribution in [0.2, 0.25) is 0 Å². The molecule has 0 radical (unpaired) electrons. The van der Waals surface area contributed by atoms with Gasteiger partial charge in [0.05, 0.1) is 19.3 Å². The summed E-state index contributed by atoms with van der Waals surface area (Å²) in [5.74, 6) is 2.06. The lowest BCUT2D eigenvalue weighted by Gasteiger charge is -2.27. The van der Waals surface area contributed by atoms with Gasteiger partial charge in [-0.25, -0.2) is 4.79 Å². The third-order valence-corrected chi connectivity index (χ3v) is 4.63. The largest absolute Gasteiger partial charge is 0.493 e. The predicted octanol–water partition coefficient (Wildman–Crippen LogP) is 3.98. The molecular weight excluding hydrogens is 304 g/mol. The van der Waals surface area contributed by atoms with Crippen molar-refractivity contribution >= 4 is 6.03 Å². The quantitative estimate of drug-likeness (QED) is 0.820. The topological polar surface area (TPSA) is 50.8 Å². The number of hydrogen-bond donors (Lipinski definition) is 1. The van der Waals surface area contributed by atoms with Gasteiger partial charge in [-0.2, -0.15) is 0 Å². The Kier molecular flexibility index (Phi) is 5.97. The van der Waals surface area contributed by atoms with Gasteiger partial charge in [0, 0.05) is 13.1 Å². The number of carbonyl (C=O) groups excluding carboxylic acids is 1. The summed E-state index contributed by atoms with van der Waals surface area (Å²) in [5.41, 5.74) is 0.990. The van der Waals surface area contributed by atoms with Crippen molar-refractivity contribution < 1.29 is 14.3 Å². The maximum absolute atomic E-state index is 12.4. The highest BCUT2D eigenvalue weighted by atomic mass is 16.5. The van der Waals surface area contributed by atoms with E-state index in [2.05, 4.69) is 12.2 Å². The van der Waals surface area contributed by atoms with E-state index in [4.69, 9.17) is 9.47 Å². The van der Waals surface area contributed by atoms with Crippen LogP contribution in [0.25, 0.3) is 0 Å². The molecule has 1 aromatic carbocycles. The molecule has 24 heavy (non-hydrogen) atoms. The summed E-state index contributed by atoms with van der Waals surface area (Å²) >= 11 is 0. The van der Waals surface area contributed by atoms with E-state index in [9.17, 15) is 4.79 Å². The molecule has 1 saturated carbocycles. The summed E-state index contributed by atoms with van der Waals surface area (Å²) in [7, 11) is 3.49. The Morgan fingerprint density at radius 3 is 2.42 bits per heavy atom. The molecule has 2 unspecified atom stereocenters. The molecule has 0 spiro atoms. The Balaban J connectivity index is 2.03. The number of hydrogen-bond acceptors (Lipinski definition) is 3. The number of nitrogens with zero attached hydrogens (tertiary/aromatic N) is 1. The standard InChI is InChI=1S/C19H30N2O3/c1-12(2)24-17-10-9-16(11-18(17)23-6)13(3)20-19(22)21(5)14(4)15-7-8-15/h9-15H,7-8H2,1-6H3,(H,20,22). The number of rotatable bonds is 7. The number of methoxy groups -OCH3 is 1. The fourth-order valence-electron chi connectivity index (χ4n) is 2.75. The summed E-state index contributed by atoms with van der Waals surface area (Å²) in [5, 5.41) is 3.06. The minimum absolute atomic E-state index is 0.0385. The molecule has 0 aromatic heterocycles. The van der Waals surface area contributed by atoms with Gasteiger partial charge in [0.15, 0.2) is 11.5 Å². The van der Waals surface area contributed by atoms with Crippen LogP contribution >= 0.6 is 0 Å². The number of urea groups is 1. The molecule has 1 fully saturated rings. The molecule has 0 bridgehead atoms. The van der Waals surface area contributed by atoms with Crippen LogP contribution in [0, 0.1) is 5.92 Å². The molecule has 0 aliphatic heterocycles. The second kappa shape index (κ2) is 7.77. The van der Waals surface area contributed by atoms with Crippen molar-refractivity contribution in [2.24, 2.45) is 5.92 Å². The van der Waals surface area contributed by atoms with Crippen LogP contribution in [0.1, 0.15) is 52.1 Å². The lowest BCUT2D eigenvalue weighted by molar-refractivity contribution is 0.185. The monoisotopic (exact) mass is 334 g/mol. The van der Waals surface area contributed by atoms with E-state index in [1.165, 1.54) is 12.8 Å². The second-order valence-electron chi connectivity index (χ2n) is 6.94. The highest BCUT2D eigenvalue weighted by Gasteiger charge is 2.32. The molecule has 1 N–H and O–H groups in total. The maximum Gasteiger partial charge on any atom is 0.317 e. The molecule has 2 rings (SSSR count). The van der Waals surface area contributed by atoms with Crippen molar-refractivity contribution in [3.63, 3.8) is 0 Å². The van der Waals surface area contributed by atoms with E-state index in [1.807, 2.05) is 50.9 Å². The van der Waals surface area contributed by atoms with Crippen LogP contribution in [0.5, 0.6) is 11.5 Å². The molecular formula is C19H30N2O3. The molecule has 0 heterocycles. The van der Waals surface area contributed by atoms with Crippen molar-refractivity contribution in [1.82, 2.24) is 10.2 Å². The van der Waals surface area contributed by atoms with E-state index in [-0.39, 0.29) is 24.2 Å². The predicted molar refractivity (Wildman–Crippen MR) is 95.7 cm³/mol. The van der Waals surface area contributed by atoms with E-state index < -0.39 is 0 Å². The van der Waals surface area contributed by atoms with Crippen molar-refractivity contribution in [2.45, 2.75) is 58.7 Å². The fraction of sp³-hybridized carbons (Fsp3) is 0.632. The average molecular weight is 334 g/mol. The molecule has 134 valence electrons. The zero-order valence-corrected chi connectivity index (χ0v) is 15.6. The average Bonchev–Trinajstić information content (AvgIpc) is 3.37. The Morgan fingerprint density at radius 2 is 1.88 bits per heavy atom. The number of benzene rings is 1. The Bertz CT molecular complexity index is 570. The van der Waals surface area contributed by atoms with Crippen molar-refractivity contribution in [1.29, 1.82) is 0 Å². The highest BCUT2D eigenvalue weighted by molar-refractivity contribution is 5.74. The Morgan fingerprint density at radius 1 is 1.21 bits per heavy atom. The normalized spacial score (nSPS) is 16.5. The molecule has 1 aliphatic rings. The van der Waals surface area contributed by atoms with E-state index in [0.29, 0.717) is 17.4 Å². The van der Waals surface area contributed by atoms with Crippen LogP contribution in [0.15, 0.2) is 18.2 Å². The smallest absolute Gasteiger partial charge is 0.317 e. The SMILES string of the molecule is COc1cc(C(C)NC(=O)N(C)C(C)C2CC2)ccc1OC(C)C. The summed E-state index contributed by atoms with van der Waals surface area (Å²) in [6, 6.07) is 5.93. The van der Waals surface area contributed by atoms with Crippen LogP contribution in [0.4, 0.5) is 4.79 Å². The molecule has 2 atom stereocenters. The van der Waals surface area contributed by atoms with Gasteiger partial charge < -0.3 is 19.7 Å². The summed E-state index contributed by atoms with van der Waals surface area (Å²) in [6.07, 6.45) is 2.53. The first-order valence-electron chi connectivity index (χ1n) is 8.71. The van der Waals surface area contributed by atoms with Crippen LogP contribution in [0.3, 0.4) is 0 Å². The maximum atomic E-state index is 12.4. The third-order valence-electron chi connectivity index (χ3n) is 4.63. The first-order chi connectivity index (χ1) is 11.3. The minimum Gasteiger partial charge on any atom is -0.493 e. The summed E-state index contributed by atoms with van der Waals surface area (Å²) < 4.78 is 11.2. The van der Waals surface area contributed by atoms with Gasteiger partial charge in [-0.1, -0.05) is 6.07 Å². The van der Waals surface area contributed by atoms with Gasteiger partial charge in [-0.15, -0.1) is 0 Å². The lowest BCUT2D eigenvalue weighted by atomic mass is 10.1. The first kappa shape index (κ1) is 18.4. The Hall–Kier alpha value is -1.91. The Labute approximate surface area is 145 Å². The molecule has 1 aliphatic carbocycles. The van der Waals surface area contributed by atoms with Crippen LogP contribution in [-0.2, 0) is 0 Å². The van der Waals surface area contributed by atoms with Gasteiger partial charge >= 0.3 is 6.03 Å². The van der Waals surface area contributed by atoms with Crippen molar-refractivity contribution in [3.8, 4) is 11.5 Å². The van der Waals surface area contributed by atoms with Crippen molar-refractivity contribution in [3.05, 3.63) is 23.8 Å². The summed E-state index contributed by atoms with van der Waals surface area (Å²) in [4.78, 5) is 14.2. The van der Waals surface area contributed by atoms with Gasteiger partial charge in [0.25, 0.3) is 0 Å². The molecule has 0 saturated heterocycles. The highest BCUT2D eigenvalue weighted by Crippen LogP contribution is 2.35. The number of nitrogens with one attached hydrogen (secondary N) is 1. The second-order valence-corrected chi connectivity index (χ2v) is 6.94. The molecule has 1 aromatic rings. The fourth-order valence-corrected chi connectivity index (χ4v) is 2.75. The zero-order chi connectivity index (χ0) is 17.9. The van der Waals surface area contributed by atoms with Gasteiger partial charge in [0.2, 0.25) is 0 Å². The van der Waals surface area contributed by atoms with E-state index in [1.54, 1.807) is 7.11 Å². The van der Waals surface area contributed by atoms with Gasteiger partial charge in [-0.05, 0) is 64.2 Å². The van der Waals surface area contributed by atoms with Crippen molar-refractivity contribution in [2.75, 3.05) is 14.2 Å². The number of ether oxygens (including phenoxy) is 2. The molecule has 5 nitrogen and oxygen atoms in total. The zero-order valence-electron chi connectivity index (χ0n) is 15.6. The van der Waals surface area contributed by atoms with E-state index >= 15 is 0 Å². The molecule has 2 amide bonds. The third kappa shape index (κ3) is 4.56. The van der Waals surface area contributed by atoms with Crippen LogP contribution in [-0.4, -0.2) is 37.2 Å². The number of carbonyl (C=O) groups is 1. The van der Waals surface area contributed by atoms with Gasteiger partial charge in [0.1, 0.15) is 0 Å². The summed E-state index contributed by atoms with van der Waals surface area (Å²) in [6.45, 7) is 8.05.